The lowest BCUT2D eigenvalue weighted by atomic mass is 9.45. The molecule has 12 nitrogen and oxygen atoms in total. The molecule has 242 valence electrons. The quantitative estimate of drug-likeness (QED) is 0.206. The number of ether oxygens (including phenoxy) is 3. The average Bonchev–Trinajstić information content (AvgIpc) is 3.24. The summed E-state index contributed by atoms with van der Waals surface area (Å²) >= 11 is 0. The first-order valence-electron chi connectivity index (χ1n) is 15.8. The van der Waals surface area contributed by atoms with Crippen LogP contribution < -0.4 is 5.63 Å². The van der Waals surface area contributed by atoms with Gasteiger partial charge in [-0.1, -0.05) is 25.5 Å². The van der Waals surface area contributed by atoms with Crippen LogP contribution in [-0.4, -0.2) is 63.7 Å². The van der Waals surface area contributed by atoms with E-state index in [0.29, 0.717) is 12.8 Å². The monoisotopic (exact) mass is 617 g/mol. The summed E-state index contributed by atoms with van der Waals surface area (Å²) in [5, 5.41) is 33.6. The maximum absolute atomic E-state index is 12.5. The standard InChI is InChI=1S/C32H43NO11/c1-17-27(42-18(2)34)26(36)28(44-33(38)39)29(41-17)43-21-9-12-30(3)20(15-21)6-7-24-23(30)10-13-31(4)22(11-14-32(24,31)37)19-5-8-25(35)40-16-19/h5,8,15-17,21-24,26-29,36-37H,6-7,9-14H2,1-4H3/t17-,21-,22+,23-,24+,26+,27-,28+,29-,30-,31+,32-/m0/s1. The van der Waals surface area contributed by atoms with Gasteiger partial charge in [0.05, 0.1) is 24.1 Å². The van der Waals surface area contributed by atoms with Gasteiger partial charge in [-0.15, -0.1) is 10.1 Å². The molecule has 2 heterocycles. The molecular weight excluding hydrogens is 574 g/mol. The second kappa shape index (κ2) is 11.2. The lowest BCUT2D eigenvalue weighted by molar-refractivity contribution is -0.776. The largest absolute Gasteiger partial charge is 0.457 e. The van der Waals surface area contributed by atoms with Crippen LogP contribution in [0.25, 0.3) is 0 Å². The van der Waals surface area contributed by atoms with Crippen LogP contribution in [0, 0.1) is 32.8 Å². The van der Waals surface area contributed by atoms with Crippen molar-refractivity contribution in [3.63, 3.8) is 0 Å². The van der Waals surface area contributed by atoms with Crippen molar-refractivity contribution in [2.45, 2.75) is 127 Å². The van der Waals surface area contributed by atoms with Crippen molar-refractivity contribution in [1.82, 2.24) is 0 Å². The van der Waals surface area contributed by atoms with Gasteiger partial charge in [-0.25, -0.2) is 4.79 Å². The van der Waals surface area contributed by atoms with E-state index in [1.54, 1.807) is 13.2 Å². The predicted octanol–water partition coefficient (Wildman–Crippen LogP) is 3.80. The van der Waals surface area contributed by atoms with Crippen molar-refractivity contribution in [2.75, 3.05) is 0 Å². The minimum Gasteiger partial charge on any atom is -0.457 e. The molecule has 1 aliphatic heterocycles. The zero-order valence-electron chi connectivity index (χ0n) is 25.7. The minimum absolute atomic E-state index is 0.120. The van der Waals surface area contributed by atoms with Crippen molar-refractivity contribution < 1.29 is 43.6 Å². The normalized spacial score (nSPS) is 44.9. The lowest BCUT2D eigenvalue weighted by Crippen LogP contribution is -2.61. The Labute approximate surface area is 255 Å². The van der Waals surface area contributed by atoms with Gasteiger partial charge >= 0.3 is 11.6 Å². The molecule has 0 spiro atoms. The fourth-order valence-corrected chi connectivity index (χ4v) is 9.72. The van der Waals surface area contributed by atoms with Gasteiger partial charge in [0.25, 0.3) is 5.09 Å². The van der Waals surface area contributed by atoms with Crippen LogP contribution in [0.1, 0.15) is 90.5 Å². The molecule has 1 saturated heterocycles. The molecule has 4 fully saturated rings. The number of allylic oxidation sites excluding steroid dienone is 1. The Hall–Kier alpha value is -2.80. The van der Waals surface area contributed by atoms with Crippen molar-refractivity contribution in [2.24, 2.45) is 22.7 Å². The summed E-state index contributed by atoms with van der Waals surface area (Å²) in [5.74, 6) is -0.105. The molecule has 0 radical (unpaired) electrons. The number of hydrogen-bond acceptors (Lipinski definition) is 11. The maximum atomic E-state index is 12.5. The first kappa shape index (κ1) is 31.2. The van der Waals surface area contributed by atoms with Gasteiger partial charge in [-0.3, -0.25) is 4.79 Å². The molecule has 0 aromatic carbocycles. The third-order valence-electron chi connectivity index (χ3n) is 12.0. The number of hydrogen-bond donors (Lipinski definition) is 2. The molecule has 1 aromatic rings. The van der Waals surface area contributed by atoms with Crippen molar-refractivity contribution in [3.05, 3.63) is 56.1 Å². The fourth-order valence-electron chi connectivity index (χ4n) is 9.72. The van der Waals surface area contributed by atoms with Gasteiger partial charge in [0.2, 0.25) is 0 Å². The average molecular weight is 618 g/mol. The second-order valence-corrected chi connectivity index (χ2v) is 14.0. The Balaban J connectivity index is 1.20. The van der Waals surface area contributed by atoms with Crippen LogP contribution >= 0.6 is 0 Å². The number of carbonyl (C=O) groups excluding carboxylic acids is 1. The van der Waals surface area contributed by atoms with Crippen LogP contribution in [0.3, 0.4) is 0 Å². The molecule has 44 heavy (non-hydrogen) atoms. The van der Waals surface area contributed by atoms with E-state index >= 15 is 0 Å². The van der Waals surface area contributed by atoms with Gasteiger partial charge in [0.1, 0.15) is 6.10 Å². The number of fused-ring (bicyclic) bond motifs is 5. The summed E-state index contributed by atoms with van der Waals surface area (Å²) in [6, 6.07) is 3.31. The minimum atomic E-state index is -1.52. The SMILES string of the molecule is CC(=O)O[C@@H]1[C@@H](O)[C@@H](O[N+](=O)[O-])[C@H](O[C@@H]2C=C3CC[C@@H]4[C@H](CC[C@]5(C)[C@@H](c6ccc(=O)oc6)CC[C@]45O)[C@@]3(C)CC2)O[C@H]1C. The van der Waals surface area contributed by atoms with Crippen molar-refractivity contribution in [1.29, 1.82) is 0 Å². The molecule has 4 aliphatic carbocycles. The summed E-state index contributed by atoms with van der Waals surface area (Å²) in [4.78, 5) is 39.2. The fraction of sp³-hybridized carbons (Fsp3) is 0.750. The van der Waals surface area contributed by atoms with Crippen molar-refractivity contribution in [3.8, 4) is 0 Å². The van der Waals surface area contributed by atoms with Crippen LogP contribution in [-0.2, 0) is 23.8 Å². The van der Waals surface area contributed by atoms with E-state index in [1.165, 1.54) is 18.6 Å². The number of esters is 1. The van der Waals surface area contributed by atoms with Gasteiger partial charge in [0, 0.05) is 18.4 Å². The van der Waals surface area contributed by atoms with Crippen LogP contribution in [0.2, 0.25) is 0 Å². The van der Waals surface area contributed by atoms with Gasteiger partial charge < -0.3 is 33.7 Å². The summed E-state index contributed by atoms with van der Waals surface area (Å²) in [6.45, 7) is 7.29. The van der Waals surface area contributed by atoms with E-state index in [0.717, 1.165) is 44.1 Å². The molecule has 2 N–H and O–H groups in total. The zero-order valence-corrected chi connectivity index (χ0v) is 25.7. The lowest BCUT2D eigenvalue weighted by Gasteiger charge is -2.62. The highest BCUT2D eigenvalue weighted by atomic mass is 17.0. The van der Waals surface area contributed by atoms with E-state index in [9.17, 15) is 29.9 Å². The Bertz CT molecular complexity index is 1360. The molecule has 1 aromatic heterocycles. The number of rotatable bonds is 6. The number of aliphatic hydroxyl groups is 2. The van der Waals surface area contributed by atoms with Crippen LogP contribution in [0.15, 0.2) is 39.3 Å². The maximum Gasteiger partial charge on any atom is 0.335 e. The molecular formula is C32H43NO11. The summed E-state index contributed by atoms with van der Waals surface area (Å²) < 4.78 is 22.5. The number of nitrogens with zero attached hydrogens (tertiary/aromatic N) is 1. The molecule has 3 saturated carbocycles. The summed E-state index contributed by atoms with van der Waals surface area (Å²) in [5.41, 5.74) is 0.585. The molecule has 0 amide bonds. The van der Waals surface area contributed by atoms with E-state index in [-0.39, 0.29) is 34.2 Å². The number of aliphatic hydroxyl groups excluding tert-OH is 1. The molecule has 12 heteroatoms. The first-order chi connectivity index (χ1) is 20.8. The van der Waals surface area contributed by atoms with Crippen molar-refractivity contribution >= 4 is 5.97 Å². The molecule has 12 atom stereocenters. The van der Waals surface area contributed by atoms with Gasteiger partial charge in [-0.05, 0) is 93.1 Å². The third-order valence-corrected chi connectivity index (χ3v) is 12.0. The van der Waals surface area contributed by atoms with Gasteiger partial charge in [-0.2, -0.15) is 0 Å². The van der Waals surface area contributed by atoms with E-state index in [2.05, 4.69) is 19.9 Å². The Morgan fingerprint density at radius 1 is 1.09 bits per heavy atom. The number of carbonyl (C=O) groups is 1. The summed E-state index contributed by atoms with van der Waals surface area (Å²) in [6.07, 6.45) is 3.56. The smallest absolute Gasteiger partial charge is 0.335 e. The van der Waals surface area contributed by atoms with Crippen LogP contribution in [0.5, 0.6) is 0 Å². The first-order valence-corrected chi connectivity index (χ1v) is 15.8. The van der Waals surface area contributed by atoms with E-state index in [4.69, 9.17) is 23.5 Å². The van der Waals surface area contributed by atoms with Crippen LogP contribution in [0.4, 0.5) is 0 Å². The highest BCUT2D eigenvalue weighted by Gasteiger charge is 2.66. The predicted molar refractivity (Wildman–Crippen MR) is 154 cm³/mol. The highest BCUT2D eigenvalue weighted by Crippen LogP contribution is 2.70. The molecule has 0 unspecified atom stereocenters. The Kier molecular flexibility index (Phi) is 7.95. The highest BCUT2D eigenvalue weighted by molar-refractivity contribution is 5.66. The Morgan fingerprint density at radius 3 is 2.55 bits per heavy atom. The summed E-state index contributed by atoms with van der Waals surface area (Å²) in [7, 11) is 0. The molecule has 6 rings (SSSR count). The second-order valence-electron chi connectivity index (χ2n) is 14.0. The topological polar surface area (TPSA) is 168 Å². The molecule has 5 aliphatic rings. The van der Waals surface area contributed by atoms with Gasteiger partial charge in [0.15, 0.2) is 18.5 Å². The zero-order chi connectivity index (χ0) is 31.6. The third kappa shape index (κ3) is 4.98. The Morgan fingerprint density at radius 2 is 1.86 bits per heavy atom. The van der Waals surface area contributed by atoms with E-state index < -0.39 is 53.5 Å². The van der Waals surface area contributed by atoms with E-state index in [1.807, 2.05) is 6.07 Å². The molecule has 0 bridgehead atoms.